The first kappa shape index (κ1) is 12.9. The Morgan fingerprint density at radius 3 is 2.65 bits per heavy atom. The second-order valence-corrected chi connectivity index (χ2v) is 5.56. The van der Waals surface area contributed by atoms with E-state index >= 15 is 0 Å². The van der Waals surface area contributed by atoms with Crippen molar-refractivity contribution in [2.45, 2.75) is 33.9 Å². The zero-order valence-corrected chi connectivity index (χ0v) is 12.2. The van der Waals surface area contributed by atoms with Gasteiger partial charge >= 0.3 is 0 Å². The molecule has 104 valence electrons. The number of fused-ring (bicyclic) bond motifs is 1. The molecular formula is C16H19N3O. The van der Waals surface area contributed by atoms with Crippen LogP contribution in [0, 0.1) is 20.8 Å². The third kappa shape index (κ3) is 2.11. The summed E-state index contributed by atoms with van der Waals surface area (Å²) in [5.41, 5.74) is 5.38. The Kier molecular flexibility index (Phi) is 3.08. The van der Waals surface area contributed by atoms with Crippen molar-refractivity contribution in [3.8, 4) is 0 Å². The van der Waals surface area contributed by atoms with E-state index in [1.165, 1.54) is 11.1 Å². The molecule has 3 rings (SSSR count). The third-order valence-corrected chi connectivity index (χ3v) is 4.12. The number of hydrogen-bond donors (Lipinski definition) is 0. The van der Waals surface area contributed by atoms with Crippen molar-refractivity contribution in [2.24, 2.45) is 0 Å². The van der Waals surface area contributed by atoms with Crippen molar-refractivity contribution in [3.05, 3.63) is 52.6 Å². The number of imidazole rings is 1. The highest BCUT2D eigenvalue weighted by Gasteiger charge is 2.23. The fraction of sp³-hybridized carbons (Fsp3) is 0.375. The molecular weight excluding hydrogens is 250 g/mol. The van der Waals surface area contributed by atoms with E-state index in [0.29, 0.717) is 6.54 Å². The summed E-state index contributed by atoms with van der Waals surface area (Å²) in [5, 5.41) is 0. The molecule has 4 heteroatoms. The molecule has 0 radical (unpaired) electrons. The number of aryl methyl sites for hydroxylation is 3. The molecule has 0 bridgehead atoms. The van der Waals surface area contributed by atoms with Crippen LogP contribution in [0.3, 0.4) is 0 Å². The van der Waals surface area contributed by atoms with Gasteiger partial charge in [0.05, 0.1) is 18.6 Å². The largest absolute Gasteiger partial charge is 0.331 e. The highest BCUT2D eigenvalue weighted by atomic mass is 16.2. The fourth-order valence-electron chi connectivity index (χ4n) is 2.72. The normalized spacial score (nSPS) is 14.2. The average molecular weight is 269 g/mol. The number of amides is 1. The molecule has 0 atom stereocenters. The summed E-state index contributed by atoms with van der Waals surface area (Å²) in [4.78, 5) is 18.8. The van der Waals surface area contributed by atoms with Gasteiger partial charge in [-0.2, -0.15) is 0 Å². The second kappa shape index (κ2) is 4.78. The summed E-state index contributed by atoms with van der Waals surface area (Å²) in [6.45, 7) is 8.35. The summed E-state index contributed by atoms with van der Waals surface area (Å²) in [6.07, 6.45) is 3.67. The van der Waals surface area contributed by atoms with Crippen molar-refractivity contribution in [1.82, 2.24) is 14.5 Å². The molecule has 0 aliphatic carbocycles. The lowest BCUT2D eigenvalue weighted by molar-refractivity contribution is 0.0710. The maximum absolute atomic E-state index is 12.7. The van der Waals surface area contributed by atoms with Crippen LogP contribution in [0.5, 0.6) is 0 Å². The highest BCUT2D eigenvalue weighted by Crippen LogP contribution is 2.20. The molecule has 0 N–H and O–H groups in total. The van der Waals surface area contributed by atoms with Crippen LogP contribution in [0.15, 0.2) is 24.7 Å². The Morgan fingerprint density at radius 2 is 1.85 bits per heavy atom. The van der Waals surface area contributed by atoms with E-state index in [2.05, 4.69) is 29.5 Å². The molecule has 0 fully saturated rings. The lowest BCUT2D eigenvalue weighted by Crippen LogP contribution is -2.38. The first-order valence-electron chi connectivity index (χ1n) is 6.92. The van der Waals surface area contributed by atoms with Crippen LogP contribution in [-0.4, -0.2) is 26.9 Å². The van der Waals surface area contributed by atoms with Crippen LogP contribution in [0.2, 0.25) is 0 Å². The summed E-state index contributed by atoms with van der Waals surface area (Å²) < 4.78 is 2.11. The minimum Gasteiger partial charge on any atom is -0.331 e. The molecule has 1 amide bonds. The molecule has 2 aromatic rings. The lowest BCUT2D eigenvalue weighted by Gasteiger charge is -2.28. The lowest BCUT2D eigenvalue weighted by atomic mass is 10.00. The van der Waals surface area contributed by atoms with Gasteiger partial charge in [-0.3, -0.25) is 4.79 Å². The predicted octanol–water partition coefficient (Wildman–Crippen LogP) is 2.46. The van der Waals surface area contributed by atoms with Crippen molar-refractivity contribution in [1.29, 1.82) is 0 Å². The first-order valence-corrected chi connectivity index (χ1v) is 6.92. The maximum atomic E-state index is 12.7. The number of carbonyl (C=O) groups is 1. The van der Waals surface area contributed by atoms with Crippen LogP contribution in [0.25, 0.3) is 0 Å². The number of nitrogens with zero attached hydrogens (tertiary/aromatic N) is 3. The van der Waals surface area contributed by atoms with Crippen LogP contribution in [0.4, 0.5) is 0 Å². The van der Waals surface area contributed by atoms with Crippen molar-refractivity contribution in [3.63, 3.8) is 0 Å². The molecule has 1 aliphatic rings. The molecule has 0 spiro atoms. The SMILES string of the molecule is Cc1cc(C)c(C(=O)N2CCn3cncc3C2)cc1C. The molecule has 2 heterocycles. The Hall–Kier alpha value is -2.10. The maximum Gasteiger partial charge on any atom is 0.254 e. The smallest absolute Gasteiger partial charge is 0.254 e. The number of hydrogen-bond acceptors (Lipinski definition) is 2. The molecule has 0 saturated heterocycles. The molecule has 20 heavy (non-hydrogen) atoms. The second-order valence-electron chi connectivity index (χ2n) is 5.56. The minimum absolute atomic E-state index is 0.123. The molecule has 0 unspecified atom stereocenters. The predicted molar refractivity (Wildman–Crippen MR) is 77.6 cm³/mol. The van der Waals surface area contributed by atoms with E-state index in [-0.39, 0.29) is 5.91 Å². The monoisotopic (exact) mass is 269 g/mol. The van der Waals surface area contributed by atoms with Gasteiger partial charge in [0, 0.05) is 24.8 Å². The van der Waals surface area contributed by atoms with Crippen LogP contribution >= 0.6 is 0 Å². The number of rotatable bonds is 1. The fourth-order valence-corrected chi connectivity index (χ4v) is 2.72. The molecule has 1 aromatic carbocycles. The first-order chi connectivity index (χ1) is 9.56. The standard InChI is InChI=1S/C16H19N3O/c1-11-6-13(3)15(7-12(11)2)16(20)18-4-5-19-10-17-8-14(19)9-18/h6-8,10H,4-5,9H2,1-3H3. The summed E-state index contributed by atoms with van der Waals surface area (Å²) in [5.74, 6) is 0.123. The molecule has 1 aromatic heterocycles. The van der Waals surface area contributed by atoms with E-state index in [4.69, 9.17) is 0 Å². The van der Waals surface area contributed by atoms with E-state index in [1.54, 1.807) is 0 Å². The highest BCUT2D eigenvalue weighted by molar-refractivity contribution is 5.96. The van der Waals surface area contributed by atoms with Crippen LogP contribution in [-0.2, 0) is 13.1 Å². The van der Waals surface area contributed by atoms with Crippen molar-refractivity contribution < 1.29 is 4.79 Å². The van der Waals surface area contributed by atoms with E-state index in [9.17, 15) is 4.79 Å². The van der Waals surface area contributed by atoms with Gasteiger partial charge in [0.1, 0.15) is 0 Å². The number of carbonyl (C=O) groups excluding carboxylic acids is 1. The van der Waals surface area contributed by atoms with Gasteiger partial charge in [0.2, 0.25) is 0 Å². The topological polar surface area (TPSA) is 38.1 Å². The average Bonchev–Trinajstić information content (AvgIpc) is 2.89. The van der Waals surface area contributed by atoms with Gasteiger partial charge in [0.15, 0.2) is 0 Å². The molecule has 1 aliphatic heterocycles. The number of aromatic nitrogens is 2. The van der Waals surface area contributed by atoms with Gasteiger partial charge in [-0.1, -0.05) is 6.07 Å². The summed E-state index contributed by atoms with van der Waals surface area (Å²) >= 11 is 0. The third-order valence-electron chi connectivity index (χ3n) is 4.12. The van der Waals surface area contributed by atoms with Gasteiger partial charge in [-0.15, -0.1) is 0 Å². The van der Waals surface area contributed by atoms with E-state index in [0.717, 1.165) is 29.9 Å². The molecule has 0 saturated carbocycles. The van der Waals surface area contributed by atoms with E-state index in [1.807, 2.05) is 30.4 Å². The Morgan fingerprint density at radius 1 is 1.10 bits per heavy atom. The van der Waals surface area contributed by atoms with Gasteiger partial charge in [-0.25, -0.2) is 4.98 Å². The van der Waals surface area contributed by atoms with Crippen molar-refractivity contribution >= 4 is 5.91 Å². The van der Waals surface area contributed by atoms with Gasteiger partial charge < -0.3 is 9.47 Å². The van der Waals surface area contributed by atoms with Gasteiger partial charge in [0.25, 0.3) is 5.91 Å². The summed E-state index contributed by atoms with van der Waals surface area (Å²) in [7, 11) is 0. The quantitative estimate of drug-likeness (QED) is 0.797. The Bertz CT molecular complexity index is 672. The number of benzene rings is 1. The Balaban J connectivity index is 1.89. The zero-order valence-electron chi connectivity index (χ0n) is 12.2. The van der Waals surface area contributed by atoms with Crippen molar-refractivity contribution in [2.75, 3.05) is 6.54 Å². The minimum atomic E-state index is 0.123. The van der Waals surface area contributed by atoms with E-state index < -0.39 is 0 Å². The van der Waals surface area contributed by atoms with Crippen LogP contribution < -0.4 is 0 Å². The zero-order chi connectivity index (χ0) is 14.3. The van der Waals surface area contributed by atoms with Gasteiger partial charge in [-0.05, 0) is 43.5 Å². The summed E-state index contributed by atoms with van der Waals surface area (Å²) in [6, 6.07) is 4.11. The van der Waals surface area contributed by atoms with Crippen LogP contribution in [0.1, 0.15) is 32.7 Å². The Labute approximate surface area is 119 Å². The molecule has 4 nitrogen and oxygen atoms in total.